The molecule has 6 aromatic carbocycles. The molecule has 244 valence electrons. The van der Waals surface area contributed by atoms with Gasteiger partial charge < -0.3 is 4.74 Å². The predicted octanol–water partition coefficient (Wildman–Crippen LogP) is 7.03. The first kappa shape index (κ1) is 26.5. The summed E-state index contributed by atoms with van der Waals surface area (Å²) >= 11 is 0. The molecule has 7 heteroatoms. The van der Waals surface area contributed by atoms with Crippen molar-refractivity contribution in [3.05, 3.63) is 175 Å². The van der Waals surface area contributed by atoms with Gasteiger partial charge >= 0.3 is 0 Å². The van der Waals surface area contributed by atoms with Crippen LogP contribution in [0.5, 0.6) is 11.5 Å². The van der Waals surface area contributed by atoms with E-state index >= 15 is 0 Å². The van der Waals surface area contributed by atoms with Crippen molar-refractivity contribution >= 4 is 56.8 Å². The normalized spacial score (nSPS) is 16.6. The Balaban J connectivity index is 1.32. The zero-order valence-corrected chi connectivity index (χ0v) is 28.7. The minimum Gasteiger partial charge on any atom is -0.457 e. The number of hydrogen-bond acceptors (Lipinski definition) is 4. The third-order valence-corrected chi connectivity index (χ3v) is 15.0. The standard InChI is InChI=1S/C44H33N5OSi/c1-44(2)32-20-9-14-26-38(32)50-41-33(44)21-15-27-39(41)51(30-16-5-3-6-17-30,31-18-7-4-8-19-31)40-28-29-45-42(47-40)49-37-25-13-12-24-36(37)48-35-23-11-10-22-34(35)46-43(48)49/h3-29H,1-2H3/i1D3. The molecule has 51 heavy (non-hydrogen) atoms. The number of fused-ring (bicyclic) bond motifs is 7. The summed E-state index contributed by atoms with van der Waals surface area (Å²) in [7, 11) is -3.43. The van der Waals surface area contributed by atoms with Crippen LogP contribution in [-0.4, -0.2) is 32.0 Å². The molecule has 6 nitrogen and oxygen atoms in total. The van der Waals surface area contributed by atoms with E-state index in [0.717, 1.165) is 42.9 Å². The van der Waals surface area contributed by atoms with E-state index in [1.165, 1.54) is 0 Å². The van der Waals surface area contributed by atoms with Gasteiger partial charge in [-0.2, -0.15) is 0 Å². The Labute approximate surface area is 300 Å². The largest absolute Gasteiger partial charge is 0.457 e. The van der Waals surface area contributed by atoms with Crippen LogP contribution in [0.15, 0.2) is 164 Å². The Hall–Kier alpha value is -6.31. The summed E-state index contributed by atoms with van der Waals surface area (Å²) in [5, 5.41) is 3.87. The van der Waals surface area contributed by atoms with E-state index in [-0.39, 0.29) is 0 Å². The summed E-state index contributed by atoms with van der Waals surface area (Å²) in [6, 6.07) is 52.7. The molecule has 0 amide bonds. The van der Waals surface area contributed by atoms with Gasteiger partial charge in [0.15, 0.2) is 0 Å². The van der Waals surface area contributed by atoms with Crippen molar-refractivity contribution < 1.29 is 8.85 Å². The molecule has 0 bridgehead atoms. The molecule has 0 fully saturated rings. The lowest BCUT2D eigenvalue weighted by molar-refractivity contribution is 0.421. The van der Waals surface area contributed by atoms with Crippen LogP contribution in [0.2, 0.25) is 0 Å². The average molecular weight is 679 g/mol. The van der Waals surface area contributed by atoms with Crippen molar-refractivity contribution in [2.45, 2.75) is 19.2 Å². The molecule has 0 saturated carbocycles. The number of aromatic nitrogens is 5. The molecular formula is C44H33N5OSi. The van der Waals surface area contributed by atoms with Gasteiger partial charge in [0, 0.05) is 32.2 Å². The third-order valence-electron chi connectivity index (χ3n) is 10.3. The first-order chi connectivity index (χ1) is 26.3. The number of nitrogens with zero attached hydrogens (tertiary/aromatic N) is 5. The number of benzene rings is 6. The van der Waals surface area contributed by atoms with Crippen LogP contribution in [0.4, 0.5) is 0 Å². The van der Waals surface area contributed by atoms with Gasteiger partial charge in [0.2, 0.25) is 19.8 Å². The van der Waals surface area contributed by atoms with Crippen molar-refractivity contribution in [3.63, 3.8) is 0 Å². The highest BCUT2D eigenvalue weighted by molar-refractivity contribution is 7.19. The van der Waals surface area contributed by atoms with Gasteiger partial charge in [0.25, 0.3) is 0 Å². The number of ether oxygens (including phenoxy) is 1. The van der Waals surface area contributed by atoms with Crippen LogP contribution >= 0.6 is 0 Å². The Bertz CT molecular complexity index is 2850. The van der Waals surface area contributed by atoms with Gasteiger partial charge in [-0.15, -0.1) is 0 Å². The van der Waals surface area contributed by atoms with E-state index in [9.17, 15) is 0 Å². The highest BCUT2D eigenvalue weighted by Crippen LogP contribution is 2.47. The Kier molecular flexibility index (Phi) is 5.78. The highest BCUT2D eigenvalue weighted by Gasteiger charge is 2.48. The van der Waals surface area contributed by atoms with Crippen LogP contribution in [0.3, 0.4) is 0 Å². The number of rotatable bonds is 5. The second-order valence-electron chi connectivity index (χ2n) is 13.2. The first-order valence-electron chi connectivity index (χ1n) is 18.5. The van der Waals surface area contributed by atoms with Crippen LogP contribution in [-0.2, 0) is 5.41 Å². The van der Waals surface area contributed by atoms with E-state index < -0.39 is 20.3 Å². The van der Waals surface area contributed by atoms with Gasteiger partial charge in [0.1, 0.15) is 11.5 Å². The molecule has 0 spiro atoms. The summed E-state index contributed by atoms with van der Waals surface area (Å²) in [5.41, 5.74) is 3.74. The molecular weight excluding hydrogens is 643 g/mol. The van der Waals surface area contributed by atoms with E-state index in [0.29, 0.717) is 34.4 Å². The second-order valence-corrected chi connectivity index (χ2v) is 16.9. The molecule has 0 saturated heterocycles. The van der Waals surface area contributed by atoms with Crippen molar-refractivity contribution in [1.82, 2.24) is 23.9 Å². The number of para-hydroxylation sites is 6. The van der Waals surface area contributed by atoms with E-state index in [1.54, 1.807) is 0 Å². The van der Waals surface area contributed by atoms with Crippen molar-refractivity contribution in [2.75, 3.05) is 0 Å². The molecule has 1 aliphatic rings. The molecule has 4 heterocycles. The van der Waals surface area contributed by atoms with E-state index in [1.807, 2.05) is 103 Å². The SMILES string of the molecule is [2H]C([2H])([2H])C1(C)c2ccccc2Oc2c1cccc2[Si](c1ccccc1)(c1ccccc1)c1ccnc(-n2c3ccccc3n3c4ccccc4nc23)n1. The molecule has 0 aliphatic carbocycles. The van der Waals surface area contributed by atoms with Crippen molar-refractivity contribution in [2.24, 2.45) is 0 Å². The molecule has 9 aromatic rings. The van der Waals surface area contributed by atoms with Gasteiger partial charge in [-0.1, -0.05) is 135 Å². The van der Waals surface area contributed by atoms with E-state index in [2.05, 4.69) is 77.2 Å². The third kappa shape index (κ3) is 4.19. The lowest BCUT2D eigenvalue weighted by atomic mass is 9.76. The predicted molar refractivity (Wildman–Crippen MR) is 207 cm³/mol. The first-order valence-corrected chi connectivity index (χ1v) is 19.0. The fourth-order valence-electron chi connectivity index (χ4n) is 8.06. The zero-order valence-electron chi connectivity index (χ0n) is 30.7. The summed E-state index contributed by atoms with van der Waals surface area (Å²) in [4.78, 5) is 15.6. The van der Waals surface area contributed by atoms with Crippen molar-refractivity contribution in [1.29, 1.82) is 0 Å². The fourth-order valence-corrected chi connectivity index (χ4v) is 12.7. The smallest absolute Gasteiger partial charge is 0.236 e. The highest BCUT2D eigenvalue weighted by atomic mass is 28.3. The van der Waals surface area contributed by atoms with Crippen LogP contribution in [0, 0.1) is 0 Å². The summed E-state index contributed by atoms with van der Waals surface area (Å²) in [6.07, 6.45) is 1.83. The monoisotopic (exact) mass is 678 g/mol. The molecule has 0 N–H and O–H groups in total. The van der Waals surface area contributed by atoms with Crippen molar-refractivity contribution in [3.8, 4) is 17.4 Å². The summed E-state index contributed by atoms with van der Waals surface area (Å²) in [6.45, 7) is -0.557. The average Bonchev–Trinajstić information content (AvgIpc) is 3.74. The Morgan fingerprint density at radius 2 is 1.27 bits per heavy atom. The second kappa shape index (κ2) is 11.1. The van der Waals surface area contributed by atoms with Crippen LogP contribution in [0.1, 0.15) is 29.0 Å². The molecule has 3 aromatic heterocycles. The maximum atomic E-state index is 8.94. The molecule has 1 aliphatic heterocycles. The Morgan fingerprint density at radius 1 is 0.627 bits per heavy atom. The van der Waals surface area contributed by atoms with Crippen LogP contribution < -0.4 is 25.6 Å². The molecule has 1 atom stereocenters. The number of hydrogen-bond donors (Lipinski definition) is 0. The minimum atomic E-state index is -3.43. The maximum Gasteiger partial charge on any atom is 0.236 e. The minimum absolute atomic E-state index is 0.487. The number of imidazole rings is 2. The zero-order chi connectivity index (χ0) is 36.7. The quantitative estimate of drug-likeness (QED) is 0.145. The molecule has 1 unspecified atom stereocenters. The van der Waals surface area contributed by atoms with Crippen LogP contribution in [0.25, 0.3) is 33.8 Å². The van der Waals surface area contributed by atoms with E-state index in [4.69, 9.17) is 23.8 Å². The lowest BCUT2D eigenvalue weighted by Gasteiger charge is -2.40. The van der Waals surface area contributed by atoms with Gasteiger partial charge in [-0.3, -0.25) is 4.40 Å². The fraction of sp³-hybridized carbons (Fsp3) is 0.0682. The topological polar surface area (TPSA) is 57.2 Å². The van der Waals surface area contributed by atoms with Gasteiger partial charge in [0.05, 0.1) is 22.1 Å². The Morgan fingerprint density at radius 3 is 2.04 bits per heavy atom. The van der Waals surface area contributed by atoms with Gasteiger partial charge in [-0.25, -0.2) is 19.5 Å². The summed E-state index contributed by atoms with van der Waals surface area (Å²) < 4.78 is 38.0. The molecule has 0 radical (unpaired) electrons. The maximum absolute atomic E-state index is 8.94. The summed E-state index contributed by atoms with van der Waals surface area (Å²) in [5.74, 6) is 2.30. The lowest BCUT2D eigenvalue weighted by Crippen LogP contribution is -2.75. The molecule has 10 rings (SSSR count). The van der Waals surface area contributed by atoms with Gasteiger partial charge in [-0.05, 0) is 52.0 Å².